The van der Waals surface area contributed by atoms with Crippen molar-refractivity contribution in [3.63, 3.8) is 0 Å². The number of para-hydroxylation sites is 1. The van der Waals surface area contributed by atoms with Crippen molar-refractivity contribution in [1.82, 2.24) is 15.1 Å². The van der Waals surface area contributed by atoms with Crippen LogP contribution in [0.2, 0.25) is 0 Å². The lowest BCUT2D eigenvalue weighted by atomic mass is 9.89. The van der Waals surface area contributed by atoms with Crippen LogP contribution in [0.15, 0.2) is 36.7 Å². The molecule has 18 heavy (non-hydrogen) atoms. The molecule has 0 bridgehead atoms. The first-order chi connectivity index (χ1) is 8.84. The van der Waals surface area contributed by atoms with Gasteiger partial charge in [-0.15, -0.1) is 0 Å². The van der Waals surface area contributed by atoms with Gasteiger partial charge in [0.2, 0.25) is 0 Å². The first kappa shape index (κ1) is 11.5. The highest BCUT2D eigenvalue weighted by atomic mass is 15.3. The second-order valence-electron chi connectivity index (χ2n) is 5.05. The van der Waals surface area contributed by atoms with Gasteiger partial charge in [-0.2, -0.15) is 5.10 Å². The summed E-state index contributed by atoms with van der Waals surface area (Å²) in [5.41, 5.74) is 3.87. The third kappa shape index (κ3) is 2.18. The molecule has 2 heterocycles. The number of aryl methyl sites for hydroxylation is 1. The van der Waals surface area contributed by atoms with Crippen LogP contribution < -0.4 is 5.32 Å². The van der Waals surface area contributed by atoms with E-state index in [0.29, 0.717) is 5.92 Å². The van der Waals surface area contributed by atoms with E-state index in [1.807, 2.05) is 10.9 Å². The average molecular weight is 241 g/mol. The average Bonchev–Trinajstić information content (AvgIpc) is 2.86. The number of benzene rings is 1. The molecule has 3 rings (SSSR count). The van der Waals surface area contributed by atoms with Crippen LogP contribution in [-0.2, 0) is 0 Å². The largest absolute Gasteiger partial charge is 0.317 e. The molecule has 1 aliphatic rings. The Morgan fingerprint density at radius 2 is 2.00 bits per heavy atom. The number of aromatic nitrogens is 2. The summed E-state index contributed by atoms with van der Waals surface area (Å²) in [4.78, 5) is 0. The van der Waals surface area contributed by atoms with Crippen LogP contribution >= 0.6 is 0 Å². The summed E-state index contributed by atoms with van der Waals surface area (Å²) in [5.74, 6) is 0.659. The fraction of sp³-hybridized carbons (Fsp3) is 0.400. The third-order valence-electron chi connectivity index (χ3n) is 3.67. The van der Waals surface area contributed by atoms with Gasteiger partial charge in [-0.3, -0.25) is 0 Å². The summed E-state index contributed by atoms with van der Waals surface area (Å²) in [5, 5.41) is 7.87. The molecule has 0 amide bonds. The van der Waals surface area contributed by atoms with E-state index in [9.17, 15) is 0 Å². The van der Waals surface area contributed by atoms with Crippen molar-refractivity contribution >= 4 is 0 Å². The van der Waals surface area contributed by atoms with E-state index < -0.39 is 0 Å². The van der Waals surface area contributed by atoms with Crippen LogP contribution in [0, 0.1) is 6.92 Å². The van der Waals surface area contributed by atoms with Crippen LogP contribution in [0.3, 0.4) is 0 Å². The van der Waals surface area contributed by atoms with Gasteiger partial charge in [-0.05, 0) is 56.0 Å². The van der Waals surface area contributed by atoms with Gasteiger partial charge < -0.3 is 5.32 Å². The van der Waals surface area contributed by atoms with Crippen molar-refractivity contribution in [2.45, 2.75) is 25.7 Å². The van der Waals surface area contributed by atoms with E-state index in [0.717, 1.165) is 13.1 Å². The molecule has 0 aliphatic carbocycles. The monoisotopic (exact) mass is 241 g/mol. The van der Waals surface area contributed by atoms with E-state index in [4.69, 9.17) is 0 Å². The van der Waals surface area contributed by atoms with Crippen LogP contribution in [0.25, 0.3) is 5.69 Å². The predicted octanol–water partition coefficient (Wildman–Crippen LogP) is 2.65. The van der Waals surface area contributed by atoms with Gasteiger partial charge >= 0.3 is 0 Å². The minimum Gasteiger partial charge on any atom is -0.317 e. The Kier molecular flexibility index (Phi) is 3.15. The van der Waals surface area contributed by atoms with Gasteiger partial charge in [-0.25, -0.2) is 4.68 Å². The Morgan fingerprint density at radius 3 is 2.72 bits per heavy atom. The van der Waals surface area contributed by atoms with Crippen LogP contribution in [-0.4, -0.2) is 22.9 Å². The van der Waals surface area contributed by atoms with E-state index >= 15 is 0 Å². The minimum atomic E-state index is 0.659. The number of rotatable bonds is 2. The SMILES string of the molecule is Cc1cnn(-c2ccccc2C2CCNCC2)c1. The summed E-state index contributed by atoms with van der Waals surface area (Å²) in [7, 11) is 0. The number of nitrogens with one attached hydrogen (secondary N) is 1. The highest BCUT2D eigenvalue weighted by Gasteiger charge is 2.18. The standard InChI is InChI=1S/C15H19N3/c1-12-10-17-18(11-12)15-5-3-2-4-14(15)13-6-8-16-9-7-13/h2-5,10-11,13,16H,6-9H2,1H3. The molecule has 0 radical (unpaired) electrons. The molecule has 0 spiro atoms. The van der Waals surface area contributed by atoms with Crippen molar-refractivity contribution < 1.29 is 0 Å². The minimum absolute atomic E-state index is 0.659. The maximum atomic E-state index is 4.44. The van der Waals surface area contributed by atoms with Gasteiger partial charge in [0.1, 0.15) is 0 Å². The van der Waals surface area contributed by atoms with Crippen molar-refractivity contribution in [3.8, 4) is 5.69 Å². The second-order valence-corrected chi connectivity index (χ2v) is 5.05. The Morgan fingerprint density at radius 1 is 1.22 bits per heavy atom. The summed E-state index contributed by atoms with van der Waals surface area (Å²) in [6.45, 7) is 4.32. The molecule has 1 aromatic heterocycles. The summed E-state index contributed by atoms with van der Waals surface area (Å²) >= 11 is 0. The smallest absolute Gasteiger partial charge is 0.0680 e. The third-order valence-corrected chi connectivity index (χ3v) is 3.67. The fourth-order valence-corrected chi connectivity index (χ4v) is 2.72. The van der Waals surface area contributed by atoms with Gasteiger partial charge in [0.15, 0.2) is 0 Å². The number of hydrogen-bond donors (Lipinski definition) is 1. The highest BCUT2D eigenvalue weighted by molar-refractivity contribution is 5.43. The van der Waals surface area contributed by atoms with Gasteiger partial charge in [0.25, 0.3) is 0 Å². The van der Waals surface area contributed by atoms with E-state index in [2.05, 4.69) is 47.8 Å². The van der Waals surface area contributed by atoms with Gasteiger partial charge in [-0.1, -0.05) is 18.2 Å². The zero-order chi connectivity index (χ0) is 12.4. The molecule has 0 unspecified atom stereocenters. The molecular formula is C15H19N3. The van der Waals surface area contributed by atoms with Crippen LogP contribution in [0.5, 0.6) is 0 Å². The molecule has 1 saturated heterocycles. The molecule has 3 heteroatoms. The molecule has 0 saturated carbocycles. The zero-order valence-corrected chi connectivity index (χ0v) is 10.8. The lowest BCUT2D eigenvalue weighted by molar-refractivity contribution is 0.459. The Bertz CT molecular complexity index is 524. The number of hydrogen-bond acceptors (Lipinski definition) is 2. The lowest BCUT2D eigenvalue weighted by Crippen LogP contribution is -2.27. The zero-order valence-electron chi connectivity index (χ0n) is 10.8. The maximum Gasteiger partial charge on any atom is 0.0680 e. The van der Waals surface area contributed by atoms with Gasteiger partial charge in [0, 0.05) is 6.20 Å². The first-order valence-electron chi connectivity index (χ1n) is 6.66. The summed E-state index contributed by atoms with van der Waals surface area (Å²) in [6, 6.07) is 8.65. The molecule has 94 valence electrons. The quantitative estimate of drug-likeness (QED) is 0.876. The second kappa shape index (κ2) is 4.94. The predicted molar refractivity (Wildman–Crippen MR) is 73.1 cm³/mol. The highest BCUT2D eigenvalue weighted by Crippen LogP contribution is 2.29. The van der Waals surface area contributed by atoms with Crippen molar-refractivity contribution in [1.29, 1.82) is 0 Å². The Labute approximate surface area is 108 Å². The summed E-state index contributed by atoms with van der Waals surface area (Å²) < 4.78 is 2.01. The topological polar surface area (TPSA) is 29.9 Å². The lowest BCUT2D eigenvalue weighted by Gasteiger charge is -2.25. The summed E-state index contributed by atoms with van der Waals surface area (Å²) in [6.07, 6.45) is 6.45. The molecular weight excluding hydrogens is 222 g/mol. The molecule has 2 aromatic rings. The number of piperidine rings is 1. The first-order valence-corrected chi connectivity index (χ1v) is 6.66. The van der Waals surface area contributed by atoms with E-state index in [1.165, 1.54) is 29.7 Å². The van der Waals surface area contributed by atoms with E-state index in [1.54, 1.807) is 0 Å². The van der Waals surface area contributed by atoms with Crippen LogP contribution in [0.1, 0.15) is 29.9 Å². The normalized spacial score (nSPS) is 16.9. The fourth-order valence-electron chi connectivity index (χ4n) is 2.72. The molecule has 1 fully saturated rings. The molecule has 1 aromatic carbocycles. The van der Waals surface area contributed by atoms with Gasteiger partial charge in [0.05, 0.1) is 11.9 Å². The Balaban J connectivity index is 1.99. The Hall–Kier alpha value is -1.61. The molecule has 0 atom stereocenters. The molecule has 1 aliphatic heterocycles. The maximum absolute atomic E-state index is 4.44. The van der Waals surface area contributed by atoms with Crippen molar-refractivity contribution in [2.75, 3.05) is 13.1 Å². The molecule has 1 N–H and O–H groups in total. The van der Waals surface area contributed by atoms with E-state index in [-0.39, 0.29) is 0 Å². The van der Waals surface area contributed by atoms with Crippen molar-refractivity contribution in [3.05, 3.63) is 47.8 Å². The van der Waals surface area contributed by atoms with Crippen molar-refractivity contribution in [2.24, 2.45) is 0 Å². The number of nitrogens with zero attached hydrogens (tertiary/aromatic N) is 2. The van der Waals surface area contributed by atoms with Crippen LogP contribution in [0.4, 0.5) is 0 Å². The molecule has 3 nitrogen and oxygen atoms in total.